The maximum Gasteiger partial charge on any atom is 0.253 e. The first-order valence-electron chi connectivity index (χ1n) is 8.57. The largest absolute Gasteiger partial charge is 0.494 e. The molecule has 0 atom stereocenters. The summed E-state index contributed by atoms with van der Waals surface area (Å²) in [5, 5.41) is 2.90. The molecule has 1 N–H and O–H groups in total. The Morgan fingerprint density at radius 1 is 1.12 bits per heavy atom. The molecule has 1 saturated heterocycles. The topological polar surface area (TPSA) is 58.6 Å². The van der Waals surface area contributed by atoms with Crippen LogP contribution in [0.1, 0.15) is 23.2 Å². The molecule has 136 valence electrons. The second-order valence-corrected chi connectivity index (χ2v) is 6.27. The Morgan fingerprint density at radius 2 is 1.81 bits per heavy atom. The third-order valence-corrected chi connectivity index (χ3v) is 4.59. The molecule has 2 aromatic rings. The van der Waals surface area contributed by atoms with Crippen LogP contribution in [0.25, 0.3) is 0 Å². The highest BCUT2D eigenvalue weighted by Gasteiger charge is 2.28. The molecule has 6 heteroatoms. The van der Waals surface area contributed by atoms with Crippen molar-refractivity contribution in [1.29, 1.82) is 0 Å². The number of nitrogens with one attached hydrogen (secondary N) is 1. The highest BCUT2D eigenvalue weighted by atomic mass is 19.1. The molecule has 26 heavy (non-hydrogen) atoms. The Balaban J connectivity index is 1.57. The van der Waals surface area contributed by atoms with Crippen LogP contribution in [0.15, 0.2) is 48.5 Å². The van der Waals surface area contributed by atoms with Gasteiger partial charge in [0.05, 0.1) is 7.11 Å². The summed E-state index contributed by atoms with van der Waals surface area (Å²) in [7, 11) is 1.38. The molecule has 1 fully saturated rings. The number of rotatable bonds is 4. The minimum Gasteiger partial charge on any atom is -0.494 e. The number of anilines is 1. The molecule has 1 heterocycles. The first kappa shape index (κ1) is 17.9. The van der Waals surface area contributed by atoms with Crippen LogP contribution in [0.4, 0.5) is 10.1 Å². The summed E-state index contributed by atoms with van der Waals surface area (Å²) in [6.45, 7) is 0.943. The van der Waals surface area contributed by atoms with Crippen LogP contribution >= 0.6 is 0 Å². The van der Waals surface area contributed by atoms with E-state index in [2.05, 4.69) is 5.32 Å². The number of carbonyl (C=O) groups excluding carboxylic acids is 2. The van der Waals surface area contributed by atoms with E-state index < -0.39 is 5.82 Å². The quantitative estimate of drug-likeness (QED) is 0.914. The molecule has 1 aliphatic heterocycles. The van der Waals surface area contributed by atoms with Crippen molar-refractivity contribution in [3.8, 4) is 5.75 Å². The molecule has 0 bridgehead atoms. The van der Waals surface area contributed by atoms with Crippen LogP contribution in [-0.2, 0) is 4.79 Å². The lowest BCUT2D eigenvalue weighted by Gasteiger charge is -2.31. The van der Waals surface area contributed by atoms with E-state index in [1.807, 2.05) is 30.3 Å². The van der Waals surface area contributed by atoms with Gasteiger partial charge in [0.15, 0.2) is 11.6 Å². The number of carbonyl (C=O) groups is 2. The summed E-state index contributed by atoms with van der Waals surface area (Å²) in [6.07, 6.45) is 1.17. The van der Waals surface area contributed by atoms with Crippen molar-refractivity contribution in [2.75, 3.05) is 25.5 Å². The molecule has 5 nitrogen and oxygen atoms in total. The molecule has 0 aromatic heterocycles. The normalized spacial score (nSPS) is 14.8. The summed E-state index contributed by atoms with van der Waals surface area (Å²) in [5.41, 5.74) is 1.06. The van der Waals surface area contributed by atoms with Crippen molar-refractivity contribution >= 4 is 17.5 Å². The fourth-order valence-electron chi connectivity index (χ4n) is 3.09. The molecule has 2 amide bonds. The fourth-order valence-corrected chi connectivity index (χ4v) is 3.09. The van der Waals surface area contributed by atoms with Crippen molar-refractivity contribution in [1.82, 2.24) is 4.90 Å². The summed E-state index contributed by atoms with van der Waals surface area (Å²) in [5.74, 6) is -0.840. The van der Waals surface area contributed by atoms with E-state index in [1.54, 1.807) is 11.0 Å². The van der Waals surface area contributed by atoms with Crippen LogP contribution in [0.5, 0.6) is 5.75 Å². The molecular weight excluding hydrogens is 335 g/mol. The van der Waals surface area contributed by atoms with E-state index in [1.165, 1.54) is 19.2 Å². The number of halogens is 1. The number of para-hydroxylation sites is 1. The Hall–Kier alpha value is -2.89. The zero-order valence-electron chi connectivity index (χ0n) is 14.6. The molecule has 0 spiro atoms. The SMILES string of the molecule is COc1ccc(C(=O)N2CCC(C(=O)Nc3ccccc3)CC2)cc1F. The van der Waals surface area contributed by atoms with Crippen molar-refractivity contribution in [2.45, 2.75) is 12.8 Å². The van der Waals surface area contributed by atoms with Crippen LogP contribution in [-0.4, -0.2) is 36.9 Å². The van der Waals surface area contributed by atoms with Crippen molar-refractivity contribution in [2.24, 2.45) is 5.92 Å². The van der Waals surface area contributed by atoms with Crippen LogP contribution in [0, 0.1) is 11.7 Å². The van der Waals surface area contributed by atoms with Gasteiger partial charge in [-0.05, 0) is 43.2 Å². The van der Waals surface area contributed by atoms with Gasteiger partial charge < -0.3 is 15.0 Å². The second-order valence-electron chi connectivity index (χ2n) is 6.27. The monoisotopic (exact) mass is 356 g/mol. The Labute approximate surface area is 151 Å². The van der Waals surface area contributed by atoms with E-state index in [0.717, 1.165) is 5.69 Å². The predicted molar refractivity (Wildman–Crippen MR) is 96.7 cm³/mol. The van der Waals surface area contributed by atoms with Crippen molar-refractivity contribution < 1.29 is 18.7 Å². The first-order valence-corrected chi connectivity index (χ1v) is 8.57. The van der Waals surface area contributed by atoms with E-state index in [9.17, 15) is 14.0 Å². The van der Waals surface area contributed by atoms with Gasteiger partial charge in [0, 0.05) is 30.3 Å². The lowest BCUT2D eigenvalue weighted by molar-refractivity contribution is -0.121. The van der Waals surface area contributed by atoms with Gasteiger partial charge in [0.2, 0.25) is 5.91 Å². The van der Waals surface area contributed by atoms with Gasteiger partial charge in [-0.25, -0.2) is 4.39 Å². The maximum atomic E-state index is 13.8. The number of methoxy groups -OCH3 is 1. The summed E-state index contributed by atoms with van der Waals surface area (Å²) < 4.78 is 18.7. The van der Waals surface area contributed by atoms with Gasteiger partial charge in [-0.15, -0.1) is 0 Å². The number of piperidine rings is 1. The number of amides is 2. The van der Waals surface area contributed by atoms with Crippen molar-refractivity contribution in [3.05, 3.63) is 59.9 Å². The molecule has 0 unspecified atom stereocenters. The molecule has 0 aliphatic carbocycles. The highest BCUT2D eigenvalue weighted by molar-refractivity contribution is 5.95. The predicted octanol–water partition coefficient (Wildman–Crippen LogP) is 3.33. The summed E-state index contributed by atoms with van der Waals surface area (Å²) in [4.78, 5) is 26.5. The Morgan fingerprint density at radius 3 is 2.42 bits per heavy atom. The minimum atomic E-state index is -0.560. The third kappa shape index (κ3) is 4.02. The molecule has 3 rings (SSSR count). The Kier molecular flexibility index (Phi) is 5.51. The molecule has 0 saturated carbocycles. The van der Waals surface area contributed by atoms with Gasteiger partial charge >= 0.3 is 0 Å². The Bertz CT molecular complexity index is 787. The second kappa shape index (κ2) is 7.99. The number of benzene rings is 2. The molecule has 0 radical (unpaired) electrons. The van der Waals surface area contributed by atoms with Gasteiger partial charge in [0.1, 0.15) is 0 Å². The lowest BCUT2D eigenvalue weighted by atomic mass is 9.95. The van der Waals surface area contributed by atoms with Crippen LogP contribution < -0.4 is 10.1 Å². The first-order chi connectivity index (χ1) is 12.6. The molecular formula is C20H21FN2O3. The molecule has 1 aliphatic rings. The van der Waals surface area contributed by atoms with E-state index in [0.29, 0.717) is 25.9 Å². The average Bonchev–Trinajstić information content (AvgIpc) is 2.68. The van der Waals surface area contributed by atoms with Crippen LogP contribution in [0.3, 0.4) is 0 Å². The van der Waals surface area contributed by atoms with Gasteiger partial charge in [-0.3, -0.25) is 9.59 Å². The van der Waals surface area contributed by atoms with Gasteiger partial charge in [0.25, 0.3) is 5.91 Å². The number of ether oxygens (including phenoxy) is 1. The number of nitrogens with zero attached hydrogens (tertiary/aromatic N) is 1. The standard InChI is InChI=1S/C20H21FN2O3/c1-26-18-8-7-15(13-17(18)21)20(25)23-11-9-14(10-12-23)19(24)22-16-5-3-2-4-6-16/h2-8,13-14H,9-12H2,1H3,(H,22,24). The number of hydrogen-bond acceptors (Lipinski definition) is 3. The van der Waals surface area contributed by atoms with E-state index >= 15 is 0 Å². The van der Waals surface area contributed by atoms with Crippen LogP contribution in [0.2, 0.25) is 0 Å². The number of hydrogen-bond donors (Lipinski definition) is 1. The smallest absolute Gasteiger partial charge is 0.253 e. The van der Waals surface area contributed by atoms with Crippen molar-refractivity contribution in [3.63, 3.8) is 0 Å². The minimum absolute atomic E-state index is 0.0289. The maximum absolute atomic E-state index is 13.8. The summed E-state index contributed by atoms with van der Waals surface area (Å²) in [6, 6.07) is 13.5. The van der Waals surface area contributed by atoms with E-state index in [-0.39, 0.29) is 29.0 Å². The lowest BCUT2D eigenvalue weighted by Crippen LogP contribution is -2.41. The highest BCUT2D eigenvalue weighted by Crippen LogP contribution is 2.23. The zero-order chi connectivity index (χ0) is 18.5. The summed E-state index contributed by atoms with van der Waals surface area (Å²) >= 11 is 0. The zero-order valence-corrected chi connectivity index (χ0v) is 14.6. The number of likely N-dealkylation sites (tertiary alicyclic amines) is 1. The average molecular weight is 356 g/mol. The van der Waals surface area contributed by atoms with Gasteiger partial charge in [-0.1, -0.05) is 18.2 Å². The molecule has 2 aromatic carbocycles. The van der Waals surface area contributed by atoms with E-state index in [4.69, 9.17) is 4.74 Å². The van der Waals surface area contributed by atoms with Gasteiger partial charge in [-0.2, -0.15) is 0 Å². The fraction of sp³-hybridized carbons (Fsp3) is 0.300. The third-order valence-electron chi connectivity index (χ3n) is 4.59.